The predicted octanol–water partition coefficient (Wildman–Crippen LogP) is 10.4. The van der Waals surface area contributed by atoms with Crippen LogP contribution in [0.2, 0.25) is 0 Å². The van der Waals surface area contributed by atoms with Gasteiger partial charge in [0.25, 0.3) is 0 Å². The SMILES string of the molecule is CC.CC.CC.CC.CC(C)(c1ccccc1)c1ccc2c(c1)C(c1ccccc1)CC(=S)N2. The van der Waals surface area contributed by atoms with Gasteiger partial charge < -0.3 is 5.32 Å². The van der Waals surface area contributed by atoms with Crippen molar-refractivity contribution in [2.45, 2.75) is 87.0 Å². The van der Waals surface area contributed by atoms with Gasteiger partial charge in [-0.1, -0.05) is 154 Å². The molecule has 0 saturated carbocycles. The van der Waals surface area contributed by atoms with E-state index in [4.69, 9.17) is 12.2 Å². The van der Waals surface area contributed by atoms with Crippen LogP contribution in [0, 0.1) is 0 Å². The number of anilines is 1. The first-order chi connectivity index (χ1) is 16.6. The molecule has 4 rings (SSSR count). The molecule has 2 heteroatoms. The fourth-order valence-corrected chi connectivity index (χ4v) is 4.13. The van der Waals surface area contributed by atoms with Crippen molar-refractivity contribution in [3.63, 3.8) is 0 Å². The first-order valence-corrected chi connectivity index (χ1v) is 13.5. The maximum atomic E-state index is 5.53. The molecule has 0 radical (unpaired) electrons. The number of hydrogen-bond donors (Lipinski definition) is 1. The first-order valence-electron chi connectivity index (χ1n) is 13.1. The highest BCUT2D eigenvalue weighted by atomic mass is 32.1. The van der Waals surface area contributed by atoms with E-state index in [9.17, 15) is 0 Å². The van der Waals surface area contributed by atoms with Crippen LogP contribution in [0.25, 0.3) is 0 Å². The monoisotopic (exact) mass is 477 g/mol. The molecule has 1 aliphatic heterocycles. The summed E-state index contributed by atoms with van der Waals surface area (Å²) in [6, 6.07) is 28.2. The second-order valence-corrected chi connectivity index (χ2v) is 8.00. The minimum Gasteiger partial charge on any atom is -0.350 e. The third-order valence-corrected chi connectivity index (χ3v) is 5.78. The Morgan fingerprint density at radius 2 is 1.18 bits per heavy atom. The van der Waals surface area contributed by atoms with Crippen LogP contribution in [0.4, 0.5) is 5.69 Å². The molecule has 1 nitrogen and oxygen atoms in total. The minimum atomic E-state index is -0.0461. The van der Waals surface area contributed by atoms with E-state index in [-0.39, 0.29) is 5.41 Å². The lowest BCUT2D eigenvalue weighted by Gasteiger charge is -2.32. The van der Waals surface area contributed by atoms with E-state index in [0.29, 0.717) is 5.92 Å². The number of fused-ring (bicyclic) bond motifs is 1. The highest BCUT2D eigenvalue weighted by Crippen LogP contribution is 2.41. The molecule has 3 aromatic carbocycles. The van der Waals surface area contributed by atoms with Crippen molar-refractivity contribution in [3.8, 4) is 0 Å². The summed E-state index contributed by atoms with van der Waals surface area (Å²) in [4.78, 5) is 0.918. The molecular formula is C32H47NS. The number of nitrogens with one attached hydrogen (secondary N) is 1. The summed E-state index contributed by atoms with van der Waals surface area (Å²) in [5.41, 5.74) is 6.42. The van der Waals surface area contributed by atoms with Crippen LogP contribution in [0.3, 0.4) is 0 Å². The maximum absolute atomic E-state index is 5.53. The summed E-state index contributed by atoms with van der Waals surface area (Å²) in [5.74, 6) is 0.312. The molecule has 186 valence electrons. The fourth-order valence-electron chi connectivity index (χ4n) is 3.85. The van der Waals surface area contributed by atoms with E-state index in [1.807, 2.05) is 55.4 Å². The number of benzene rings is 3. The molecule has 1 heterocycles. The average molecular weight is 478 g/mol. The van der Waals surface area contributed by atoms with Gasteiger partial charge in [0, 0.05) is 23.4 Å². The maximum Gasteiger partial charge on any atom is 0.0806 e. The van der Waals surface area contributed by atoms with Crippen LogP contribution in [0.15, 0.2) is 78.9 Å². The van der Waals surface area contributed by atoms with Crippen LogP contribution >= 0.6 is 12.2 Å². The summed E-state index contributed by atoms with van der Waals surface area (Å²) >= 11 is 5.53. The van der Waals surface area contributed by atoms with Gasteiger partial charge in [0.2, 0.25) is 0 Å². The van der Waals surface area contributed by atoms with E-state index >= 15 is 0 Å². The van der Waals surface area contributed by atoms with E-state index in [1.54, 1.807) is 0 Å². The molecule has 1 atom stereocenters. The minimum absolute atomic E-state index is 0.0461. The van der Waals surface area contributed by atoms with Crippen molar-refractivity contribution in [2.24, 2.45) is 0 Å². The van der Waals surface area contributed by atoms with Gasteiger partial charge in [0.1, 0.15) is 0 Å². The molecule has 34 heavy (non-hydrogen) atoms. The summed E-state index contributed by atoms with van der Waals surface area (Å²) in [6.45, 7) is 20.6. The summed E-state index contributed by atoms with van der Waals surface area (Å²) in [7, 11) is 0. The lowest BCUT2D eigenvalue weighted by molar-refractivity contribution is 0.638. The zero-order valence-corrected chi connectivity index (χ0v) is 24.0. The largest absolute Gasteiger partial charge is 0.350 e. The second-order valence-electron chi connectivity index (χ2n) is 7.51. The van der Waals surface area contributed by atoms with Crippen molar-refractivity contribution < 1.29 is 0 Å². The first kappa shape index (κ1) is 31.6. The molecule has 1 unspecified atom stereocenters. The Morgan fingerprint density at radius 3 is 1.71 bits per heavy atom. The molecule has 0 aliphatic carbocycles. The van der Waals surface area contributed by atoms with E-state index in [2.05, 4.69) is 98.0 Å². The van der Waals surface area contributed by atoms with Crippen LogP contribution in [0.5, 0.6) is 0 Å². The molecule has 0 fully saturated rings. The molecule has 1 aliphatic rings. The van der Waals surface area contributed by atoms with Gasteiger partial charge in [0.05, 0.1) is 4.99 Å². The van der Waals surface area contributed by atoms with E-state index in [0.717, 1.165) is 17.1 Å². The van der Waals surface area contributed by atoms with E-state index < -0.39 is 0 Å². The van der Waals surface area contributed by atoms with Crippen molar-refractivity contribution in [1.82, 2.24) is 0 Å². The van der Waals surface area contributed by atoms with Crippen molar-refractivity contribution in [3.05, 3.63) is 101 Å². The van der Waals surface area contributed by atoms with Gasteiger partial charge in [-0.25, -0.2) is 0 Å². The van der Waals surface area contributed by atoms with Gasteiger partial charge in [0.15, 0.2) is 0 Å². The highest BCUT2D eigenvalue weighted by Gasteiger charge is 2.28. The van der Waals surface area contributed by atoms with Crippen LogP contribution in [0.1, 0.15) is 104 Å². The Kier molecular flexibility index (Phi) is 15.8. The Morgan fingerprint density at radius 1 is 0.676 bits per heavy atom. The highest BCUT2D eigenvalue weighted by molar-refractivity contribution is 7.80. The third-order valence-electron chi connectivity index (χ3n) is 5.51. The Hall–Kier alpha value is -2.45. The third kappa shape index (κ3) is 8.09. The topological polar surface area (TPSA) is 12.0 Å². The zero-order valence-electron chi connectivity index (χ0n) is 23.2. The lowest BCUT2D eigenvalue weighted by atomic mass is 9.75. The molecule has 0 amide bonds. The van der Waals surface area contributed by atoms with Crippen molar-refractivity contribution in [2.75, 3.05) is 5.32 Å². The second kappa shape index (κ2) is 17.1. The van der Waals surface area contributed by atoms with Gasteiger partial charge in [-0.15, -0.1) is 0 Å². The molecule has 0 spiro atoms. The molecule has 0 saturated heterocycles. The van der Waals surface area contributed by atoms with Crippen LogP contribution < -0.4 is 5.32 Å². The summed E-state index contributed by atoms with van der Waals surface area (Å²) in [5, 5.41) is 3.41. The Labute approximate surface area is 216 Å². The Balaban J connectivity index is 0.00000124. The quantitative estimate of drug-likeness (QED) is 0.376. The van der Waals surface area contributed by atoms with Crippen LogP contribution in [-0.4, -0.2) is 4.99 Å². The molecular weight excluding hydrogens is 430 g/mol. The average Bonchev–Trinajstić information content (AvgIpc) is 2.93. The van der Waals surface area contributed by atoms with Gasteiger partial charge in [-0.3, -0.25) is 0 Å². The molecule has 0 bridgehead atoms. The van der Waals surface area contributed by atoms with Gasteiger partial charge >= 0.3 is 0 Å². The number of rotatable bonds is 3. The number of hydrogen-bond acceptors (Lipinski definition) is 1. The summed E-state index contributed by atoms with van der Waals surface area (Å²) in [6.07, 6.45) is 0.863. The fraction of sp³-hybridized carbons (Fsp3) is 0.406. The number of thiocarbonyl (C=S) groups is 1. The van der Waals surface area contributed by atoms with Gasteiger partial charge in [-0.2, -0.15) is 0 Å². The molecule has 0 aromatic heterocycles. The van der Waals surface area contributed by atoms with Crippen molar-refractivity contribution in [1.29, 1.82) is 0 Å². The van der Waals surface area contributed by atoms with Gasteiger partial charge in [-0.05, 0) is 28.3 Å². The lowest BCUT2D eigenvalue weighted by Crippen LogP contribution is -2.24. The summed E-state index contributed by atoms with van der Waals surface area (Å²) < 4.78 is 0. The molecule has 3 aromatic rings. The smallest absolute Gasteiger partial charge is 0.0806 e. The predicted molar refractivity (Wildman–Crippen MR) is 160 cm³/mol. The standard InChI is InChI=1S/C24H23NS.4C2H6/c1-24(2,18-11-7-4-8-12-18)19-13-14-22-21(15-19)20(16-23(26)25-22)17-9-5-3-6-10-17;4*1-2/h3-15,20H,16H2,1-2H3,(H,25,26);4*1-2H3. The van der Waals surface area contributed by atoms with Crippen molar-refractivity contribution >= 4 is 22.9 Å². The molecule has 1 N–H and O–H groups in total. The Bertz CT molecular complexity index is 930. The normalized spacial score (nSPS) is 13.5. The van der Waals surface area contributed by atoms with Crippen LogP contribution in [-0.2, 0) is 5.41 Å². The zero-order chi connectivity index (χ0) is 26.1. The van der Waals surface area contributed by atoms with E-state index in [1.165, 1.54) is 22.3 Å².